The van der Waals surface area contributed by atoms with Crippen molar-refractivity contribution >= 4 is 0 Å². The molecule has 1 saturated carbocycles. The van der Waals surface area contributed by atoms with Crippen molar-refractivity contribution in [1.29, 1.82) is 0 Å². The van der Waals surface area contributed by atoms with Gasteiger partial charge in [0.25, 0.3) is 0 Å². The molecule has 0 spiro atoms. The van der Waals surface area contributed by atoms with E-state index in [1.54, 1.807) is 22.3 Å². The van der Waals surface area contributed by atoms with Crippen LogP contribution in [0.4, 0.5) is 0 Å². The summed E-state index contributed by atoms with van der Waals surface area (Å²) >= 11 is 0. The highest BCUT2D eigenvalue weighted by Gasteiger charge is 2.23. The minimum Gasteiger partial charge on any atom is -0.0696 e. The first kappa shape index (κ1) is 12.0. The fourth-order valence-electron chi connectivity index (χ4n) is 3.46. The molecule has 0 heteroatoms. The van der Waals surface area contributed by atoms with Crippen LogP contribution in [0.2, 0.25) is 0 Å². The first-order chi connectivity index (χ1) is 7.59. The first-order valence-corrected chi connectivity index (χ1v) is 6.97. The van der Waals surface area contributed by atoms with Crippen molar-refractivity contribution in [1.82, 2.24) is 0 Å². The van der Waals surface area contributed by atoms with Gasteiger partial charge in [-0.25, -0.2) is 0 Å². The fraction of sp³-hybridized carbons (Fsp3) is 0.750. The number of rotatable bonds is 0. The Hall–Kier alpha value is -0.520. The Labute approximate surface area is 101 Å². The summed E-state index contributed by atoms with van der Waals surface area (Å²) in [5.74, 6) is 1.71. The fourth-order valence-corrected chi connectivity index (χ4v) is 3.46. The molecule has 2 aliphatic carbocycles. The minimum absolute atomic E-state index is 0.853. The highest BCUT2D eigenvalue weighted by atomic mass is 14.3. The van der Waals surface area contributed by atoms with Crippen LogP contribution < -0.4 is 0 Å². The highest BCUT2D eigenvalue weighted by Crippen LogP contribution is 2.40. The van der Waals surface area contributed by atoms with Gasteiger partial charge in [-0.1, -0.05) is 25.0 Å². The second-order valence-corrected chi connectivity index (χ2v) is 6.09. The average molecular weight is 218 g/mol. The first-order valence-electron chi connectivity index (χ1n) is 6.97. The Morgan fingerprint density at radius 2 is 1.12 bits per heavy atom. The molecular weight excluding hydrogens is 192 g/mol. The van der Waals surface area contributed by atoms with E-state index in [1.165, 1.54) is 38.5 Å². The van der Waals surface area contributed by atoms with E-state index in [0.29, 0.717) is 0 Å². The molecule has 0 aliphatic heterocycles. The van der Waals surface area contributed by atoms with Crippen molar-refractivity contribution in [3.8, 4) is 0 Å². The number of hydrogen-bond acceptors (Lipinski definition) is 0. The van der Waals surface area contributed by atoms with Gasteiger partial charge in [0.1, 0.15) is 0 Å². The third-order valence-corrected chi connectivity index (χ3v) is 4.73. The zero-order chi connectivity index (χ0) is 11.7. The summed E-state index contributed by atoms with van der Waals surface area (Å²) < 4.78 is 0. The smallest absolute Gasteiger partial charge is 0.0277 e. The molecule has 0 nitrogen and oxygen atoms in total. The Bertz CT molecular complexity index is 296. The van der Waals surface area contributed by atoms with E-state index >= 15 is 0 Å². The number of allylic oxidation sites excluding steroid dienone is 4. The molecule has 0 bridgehead atoms. The highest BCUT2D eigenvalue weighted by molar-refractivity contribution is 5.40. The molecular formula is C16H26. The third-order valence-electron chi connectivity index (χ3n) is 4.73. The Morgan fingerprint density at radius 1 is 0.750 bits per heavy atom. The van der Waals surface area contributed by atoms with Crippen LogP contribution in [0.25, 0.3) is 0 Å². The second kappa shape index (κ2) is 4.77. The molecule has 0 radical (unpaired) electrons. The lowest BCUT2D eigenvalue weighted by Crippen LogP contribution is -2.15. The van der Waals surface area contributed by atoms with E-state index in [2.05, 4.69) is 27.7 Å². The second-order valence-electron chi connectivity index (χ2n) is 6.09. The van der Waals surface area contributed by atoms with Crippen molar-refractivity contribution in [2.45, 2.75) is 66.2 Å². The zero-order valence-electron chi connectivity index (χ0n) is 11.4. The van der Waals surface area contributed by atoms with E-state index in [4.69, 9.17) is 0 Å². The van der Waals surface area contributed by atoms with Crippen LogP contribution in [0, 0.1) is 11.8 Å². The van der Waals surface area contributed by atoms with E-state index in [-0.39, 0.29) is 0 Å². The monoisotopic (exact) mass is 218 g/mol. The Balaban J connectivity index is 2.38. The number of hydrogen-bond donors (Lipinski definition) is 0. The van der Waals surface area contributed by atoms with Crippen LogP contribution in [0.5, 0.6) is 0 Å². The normalized spacial score (nSPS) is 41.2. The van der Waals surface area contributed by atoms with Crippen LogP contribution in [-0.4, -0.2) is 0 Å². The molecule has 2 atom stereocenters. The molecule has 0 heterocycles. The van der Waals surface area contributed by atoms with Crippen molar-refractivity contribution in [2.75, 3.05) is 0 Å². The summed E-state index contributed by atoms with van der Waals surface area (Å²) in [6.07, 6.45) is 8.17. The maximum Gasteiger partial charge on any atom is -0.0277 e. The third kappa shape index (κ3) is 2.26. The summed E-state index contributed by atoms with van der Waals surface area (Å²) in [5.41, 5.74) is 6.85. The molecule has 90 valence electrons. The van der Waals surface area contributed by atoms with Gasteiger partial charge in [0.15, 0.2) is 0 Å². The maximum atomic E-state index is 2.43. The van der Waals surface area contributed by atoms with Gasteiger partial charge < -0.3 is 0 Å². The molecule has 0 saturated heterocycles. The van der Waals surface area contributed by atoms with Crippen molar-refractivity contribution in [3.05, 3.63) is 22.3 Å². The largest absolute Gasteiger partial charge is 0.0696 e. The molecule has 0 aromatic rings. The van der Waals surface area contributed by atoms with Crippen LogP contribution in [0.3, 0.4) is 0 Å². The molecule has 1 fully saturated rings. The maximum absolute atomic E-state index is 2.43. The van der Waals surface area contributed by atoms with Crippen LogP contribution >= 0.6 is 0 Å². The lowest BCUT2D eigenvalue weighted by molar-refractivity contribution is 0.374. The van der Waals surface area contributed by atoms with Gasteiger partial charge in [-0.3, -0.25) is 0 Å². The Morgan fingerprint density at radius 3 is 1.50 bits per heavy atom. The summed E-state index contributed by atoms with van der Waals surface area (Å²) in [7, 11) is 0. The molecule has 0 aromatic carbocycles. The van der Waals surface area contributed by atoms with Gasteiger partial charge in [-0.05, 0) is 75.4 Å². The number of fused-ring (bicyclic) bond motifs is 1. The van der Waals surface area contributed by atoms with Crippen molar-refractivity contribution in [2.24, 2.45) is 11.8 Å². The quantitative estimate of drug-likeness (QED) is 0.520. The SMILES string of the molecule is C/C1=C2\CCCC\C2=C(/C)C[C@H](C)[C@@H](C)C1. The summed E-state index contributed by atoms with van der Waals surface area (Å²) in [6, 6.07) is 0. The van der Waals surface area contributed by atoms with Crippen LogP contribution in [-0.2, 0) is 0 Å². The average Bonchev–Trinajstić information content (AvgIpc) is 2.27. The lowest BCUT2D eigenvalue weighted by atomic mass is 9.75. The van der Waals surface area contributed by atoms with Crippen LogP contribution in [0.1, 0.15) is 66.2 Å². The molecule has 0 aromatic heterocycles. The van der Waals surface area contributed by atoms with E-state index < -0.39 is 0 Å². The van der Waals surface area contributed by atoms with Crippen molar-refractivity contribution in [3.63, 3.8) is 0 Å². The molecule has 0 amide bonds. The van der Waals surface area contributed by atoms with Crippen molar-refractivity contribution < 1.29 is 0 Å². The van der Waals surface area contributed by atoms with E-state index in [1.807, 2.05) is 0 Å². The molecule has 2 rings (SSSR count). The predicted molar refractivity (Wildman–Crippen MR) is 71.4 cm³/mol. The molecule has 0 unspecified atom stereocenters. The lowest BCUT2D eigenvalue weighted by Gasteiger charge is -2.30. The standard InChI is InChI=1S/C16H26/c1-11-9-13(3)15-7-5-6-8-16(15)14(4)10-12(11)2/h11-12H,5-10H2,1-4H3/b15-13-,16-14-/t11-,12-/m0/s1. The minimum atomic E-state index is 0.853. The van der Waals surface area contributed by atoms with Gasteiger partial charge in [0.05, 0.1) is 0 Å². The van der Waals surface area contributed by atoms with Gasteiger partial charge in [-0.2, -0.15) is 0 Å². The van der Waals surface area contributed by atoms with Gasteiger partial charge >= 0.3 is 0 Å². The summed E-state index contributed by atoms with van der Waals surface area (Å²) in [5, 5.41) is 0. The van der Waals surface area contributed by atoms with Gasteiger partial charge in [0.2, 0.25) is 0 Å². The zero-order valence-corrected chi connectivity index (χ0v) is 11.4. The predicted octanol–water partition coefficient (Wildman–Crippen LogP) is 5.26. The van der Waals surface area contributed by atoms with Gasteiger partial charge in [-0.15, -0.1) is 0 Å². The van der Waals surface area contributed by atoms with E-state index in [9.17, 15) is 0 Å². The van der Waals surface area contributed by atoms with Gasteiger partial charge in [0, 0.05) is 0 Å². The van der Waals surface area contributed by atoms with E-state index in [0.717, 1.165) is 11.8 Å². The molecule has 2 aliphatic rings. The summed E-state index contributed by atoms with van der Waals surface area (Å²) in [4.78, 5) is 0. The Kier molecular flexibility index (Phi) is 3.56. The topological polar surface area (TPSA) is 0 Å². The summed E-state index contributed by atoms with van der Waals surface area (Å²) in [6.45, 7) is 9.61. The molecule has 0 N–H and O–H groups in total. The molecule has 16 heavy (non-hydrogen) atoms. The van der Waals surface area contributed by atoms with Crippen LogP contribution in [0.15, 0.2) is 22.3 Å².